The second-order valence-electron chi connectivity index (χ2n) is 3.65. The van der Waals surface area contributed by atoms with Crippen molar-refractivity contribution >= 4 is 13.1 Å². The Morgan fingerprint density at radius 2 is 2.07 bits per heavy atom. The normalized spacial score (nSPS) is 13.3. The molecule has 0 atom stereocenters. The first-order valence-corrected chi connectivity index (χ1v) is 11.7. The monoisotopic (exact) mass is 300 g/mol. The Morgan fingerprint density at radius 1 is 1.47 bits per heavy atom. The van der Waals surface area contributed by atoms with Gasteiger partial charge >= 0.3 is 87.1 Å². The fourth-order valence-corrected chi connectivity index (χ4v) is 10.4. The van der Waals surface area contributed by atoms with Gasteiger partial charge in [-0.05, 0) is 0 Å². The second-order valence-corrected chi connectivity index (χ2v) is 16.5. The van der Waals surface area contributed by atoms with Gasteiger partial charge in [-0.15, -0.1) is 0 Å². The molecule has 1 amide bonds. The number of allylic oxidation sites excluding steroid dienone is 4. The quantitative estimate of drug-likeness (QED) is 0.412. The van der Waals surface area contributed by atoms with Crippen molar-refractivity contribution in [3.05, 3.63) is 21.6 Å². The van der Waals surface area contributed by atoms with Gasteiger partial charge in [-0.25, -0.2) is 0 Å². The zero-order valence-corrected chi connectivity index (χ0v) is 13.4. The van der Waals surface area contributed by atoms with E-state index in [4.69, 9.17) is 0 Å². The van der Waals surface area contributed by atoms with Gasteiger partial charge in [-0.3, -0.25) is 0 Å². The third-order valence-electron chi connectivity index (χ3n) is 2.18. The Balaban J connectivity index is 0. The van der Waals surface area contributed by atoms with Crippen molar-refractivity contribution in [1.29, 1.82) is 0 Å². The molecule has 1 aliphatic rings. The first-order chi connectivity index (χ1) is 6.15. The van der Waals surface area contributed by atoms with Gasteiger partial charge in [0.25, 0.3) is 0 Å². The molecule has 0 radical (unpaired) electrons. The van der Waals surface area contributed by atoms with E-state index in [1.54, 1.807) is 3.88 Å². The van der Waals surface area contributed by atoms with Crippen molar-refractivity contribution in [2.24, 2.45) is 0 Å². The van der Waals surface area contributed by atoms with Crippen LogP contribution in [0.3, 0.4) is 0 Å². The predicted molar refractivity (Wildman–Crippen MR) is 54.5 cm³/mol. The van der Waals surface area contributed by atoms with Crippen LogP contribution in [0.4, 0.5) is 0 Å². The summed E-state index contributed by atoms with van der Waals surface area (Å²) in [7, 11) is 0. The number of rotatable bonds is 4. The van der Waals surface area contributed by atoms with Crippen LogP contribution < -0.4 is 28.6 Å². The molecule has 1 rings (SSSR count). The standard InChI is InChI=1S/C6H7.C2H7Si.CH3NO.2ClH.Ti/c1-6-4-2-3-5-6;1-3-2;2-1-3;;;/h4-5H,2H2,1H3;3H,1-2H3;1H,(H2,2,3);2*1H;/q;;;;;+3/p-3. The van der Waals surface area contributed by atoms with Gasteiger partial charge in [0.2, 0.25) is 0 Å². The molecule has 1 N–H and O–H groups in total. The van der Waals surface area contributed by atoms with E-state index < -0.39 is 24.0 Å². The maximum Gasteiger partial charge on any atom is -1.00 e. The average Bonchev–Trinajstić information content (AvgIpc) is 2.46. The molecular weight excluding hydrogens is 285 g/mol. The molecule has 85 valence electrons. The fraction of sp³-hybridized carbons (Fsp3) is 0.444. The summed E-state index contributed by atoms with van der Waals surface area (Å²) in [5.74, 6) is 0. The Kier molecular flexibility index (Phi) is 10.2. The van der Waals surface area contributed by atoms with Crippen LogP contribution in [0.1, 0.15) is 13.3 Å². The summed E-state index contributed by atoms with van der Waals surface area (Å²) in [6.07, 6.45) is 6.52. The van der Waals surface area contributed by atoms with Gasteiger partial charge in [0.15, 0.2) is 0 Å². The summed E-state index contributed by atoms with van der Waals surface area (Å²) in [6.45, 7) is 6.14. The number of nitrogens with one attached hydrogen (secondary N) is 1. The molecular formula is C9H16Cl2NOSiTi. The molecule has 0 fully saturated rings. The third kappa shape index (κ3) is 5.36. The number of hydrogen-bond donors (Lipinski definition) is 1. The van der Waals surface area contributed by atoms with E-state index in [1.165, 1.54) is 5.57 Å². The van der Waals surface area contributed by atoms with Gasteiger partial charge < -0.3 is 24.8 Å². The Labute approximate surface area is 111 Å². The molecule has 0 aromatic carbocycles. The van der Waals surface area contributed by atoms with Crippen molar-refractivity contribution in [3.63, 3.8) is 0 Å². The van der Waals surface area contributed by atoms with Gasteiger partial charge in [0, 0.05) is 0 Å². The van der Waals surface area contributed by atoms with E-state index in [-0.39, 0.29) is 24.8 Å². The van der Waals surface area contributed by atoms with Crippen LogP contribution in [0.2, 0.25) is 13.1 Å². The maximum atomic E-state index is 10.5. The zero-order chi connectivity index (χ0) is 9.84. The van der Waals surface area contributed by atoms with E-state index in [0.29, 0.717) is 0 Å². The van der Waals surface area contributed by atoms with Crippen molar-refractivity contribution in [2.75, 3.05) is 0 Å². The number of carbonyl (C=O) groups is 1. The molecule has 0 saturated carbocycles. The topological polar surface area (TPSA) is 29.1 Å². The minimum absolute atomic E-state index is 0. The number of amides is 1. The van der Waals surface area contributed by atoms with E-state index in [1.807, 2.05) is 0 Å². The van der Waals surface area contributed by atoms with Crippen LogP contribution in [0.15, 0.2) is 21.6 Å². The summed E-state index contributed by atoms with van der Waals surface area (Å²) in [5, 5.41) is 0. The van der Waals surface area contributed by atoms with Crippen molar-refractivity contribution in [2.45, 2.75) is 26.4 Å². The van der Waals surface area contributed by atoms with Crippen LogP contribution in [0.5, 0.6) is 0 Å². The van der Waals surface area contributed by atoms with Gasteiger partial charge in [0.1, 0.15) is 0 Å². The molecule has 0 aromatic heterocycles. The fourth-order valence-electron chi connectivity index (χ4n) is 1.54. The van der Waals surface area contributed by atoms with E-state index in [2.05, 4.69) is 36.0 Å². The average molecular weight is 301 g/mol. The molecule has 0 bridgehead atoms. The van der Waals surface area contributed by atoms with Crippen molar-refractivity contribution in [1.82, 2.24) is 3.80 Å². The van der Waals surface area contributed by atoms with Crippen molar-refractivity contribution in [3.8, 4) is 0 Å². The minimum Gasteiger partial charge on any atom is -1.00 e. The van der Waals surface area contributed by atoms with Crippen LogP contribution in [0.25, 0.3) is 0 Å². The predicted octanol–water partition coefficient (Wildman–Crippen LogP) is -4.51. The smallest absolute Gasteiger partial charge is 1.00 e. The summed E-state index contributed by atoms with van der Waals surface area (Å²) in [6, 6.07) is 0. The van der Waals surface area contributed by atoms with Gasteiger partial charge in [-0.1, -0.05) is 0 Å². The molecule has 15 heavy (non-hydrogen) atoms. The second kappa shape index (κ2) is 8.59. The molecule has 0 saturated heterocycles. The summed E-state index contributed by atoms with van der Waals surface area (Å²) >= 11 is -1.35. The Bertz CT molecular complexity index is 269. The summed E-state index contributed by atoms with van der Waals surface area (Å²) in [5.41, 5.74) is 1.36. The first-order valence-electron chi connectivity index (χ1n) is 4.60. The molecule has 0 spiro atoms. The summed E-state index contributed by atoms with van der Waals surface area (Å²) < 4.78 is 4.64. The van der Waals surface area contributed by atoms with E-state index >= 15 is 0 Å². The Hall–Kier alpha value is 0.461. The Morgan fingerprint density at radius 3 is 2.40 bits per heavy atom. The van der Waals surface area contributed by atoms with E-state index in [0.717, 1.165) is 12.8 Å². The number of carbonyl (C=O) groups excluding carboxylic acids is 1. The SMILES string of the molecule is CC1=CC[C]([Ti+2]([NH]C=O)[SiH](C)C)=C1.[Cl-].[Cl-]. The van der Waals surface area contributed by atoms with E-state index in [9.17, 15) is 4.79 Å². The number of hydrogen-bond acceptors (Lipinski definition) is 1. The molecule has 1 aliphatic carbocycles. The van der Waals surface area contributed by atoms with Gasteiger partial charge in [-0.2, -0.15) is 0 Å². The van der Waals surface area contributed by atoms with Crippen LogP contribution >= 0.6 is 0 Å². The van der Waals surface area contributed by atoms with Crippen LogP contribution in [-0.2, 0) is 22.2 Å². The molecule has 6 heteroatoms. The van der Waals surface area contributed by atoms with Gasteiger partial charge in [0.05, 0.1) is 0 Å². The van der Waals surface area contributed by atoms with Crippen LogP contribution in [-0.4, -0.2) is 13.1 Å². The zero-order valence-electron chi connectivity index (χ0n) is 9.18. The molecule has 0 heterocycles. The molecule has 0 aromatic rings. The van der Waals surface area contributed by atoms with Crippen molar-refractivity contribution < 1.29 is 47.0 Å². The minimum atomic E-state index is -1.35. The van der Waals surface area contributed by atoms with Crippen LogP contribution in [0, 0.1) is 0 Å². The largest absolute Gasteiger partial charge is 1.00 e. The summed E-state index contributed by atoms with van der Waals surface area (Å²) in [4.78, 5) is 10.5. The molecule has 2 nitrogen and oxygen atoms in total. The molecule has 0 unspecified atom stereocenters. The third-order valence-corrected chi connectivity index (χ3v) is 13.3. The maximum absolute atomic E-state index is 10.5. The first kappa shape index (κ1) is 17.8. The molecule has 0 aliphatic heterocycles. The number of halogens is 2.